The van der Waals surface area contributed by atoms with Gasteiger partial charge >= 0.3 is 0 Å². The molecule has 0 unspecified atom stereocenters. The van der Waals surface area contributed by atoms with Crippen molar-refractivity contribution in [1.29, 1.82) is 0 Å². The highest BCUT2D eigenvalue weighted by Crippen LogP contribution is 1.91. The summed E-state index contributed by atoms with van der Waals surface area (Å²) in [6, 6.07) is 0. The summed E-state index contributed by atoms with van der Waals surface area (Å²) < 4.78 is 5.26. The van der Waals surface area contributed by atoms with Gasteiger partial charge in [0.2, 0.25) is 0 Å². The number of hydrogen-bond acceptors (Lipinski definition) is 2. The highest BCUT2D eigenvalue weighted by molar-refractivity contribution is 4.63. The van der Waals surface area contributed by atoms with Crippen LogP contribution < -0.4 is 5.32 Å². The van der Waals surface area contributed by atoms with Crippen molar-refractivity contribution in [3.8, 4) is 0 Å². The first-order valence-electron chi connectivity index (χ1n) is 5.16. The van der Waals surface area contributed by atoms with Crippen LogP contribution in [-0.2, 0) is 4.74 Å². The first-order chi connectivity index (χ1) is 6.27. The molecule has 0 amide bonds. The predicted octanol–water partition coefficient (Wildman–Crippen LogP) is 2.21. The van der Waals surface area contributed by atoms with Gasteiger partial charge in [-0.3, -0.25) is 0 Å². The third-order valence-electron chi connectivity index (χ3n) is 1.68. The number of ether oxygens (including phenoxy) is 1. The van der Waals surface area contributed by atoms with Gasteiger partial charge in [0.25, 0.3) is 0 Å². The summed E-state index contributed by atoms with van der Waals surface area (Å²) >= 11 is 0. The fraction of sp³-hybridized carbons (Fsp3) is 0.818. The van der Waals surface area contributed by atoms with Crippen molar-refractivity contribution in [1.82, 2.24) is 5.32 Å². The molecule has 0 aliphatic carbocycles. The van der Waals surface area contributed by atoms with Gasteiger partial charge in [0.1, 0.15) is 0 Å². The average molecular weight is 185 g/mol. The van der Waals surface area contributed by atoms with E-state index < -0.39 is 0 Å². The van der Waals surface area contributed by atoms with Crippen LogP contribution in [0, 0.1) is 5.92 Å². The zero-order chi connectivity index (χ0) is 9.94. The molecule has 0 aromatic carbocycles. The van der Waals surface area contributed by atoms with Crippen LogP contribution in [0.25, 0.3) is 0 Å². The summed E-state index contributed by atoms with van der Waals surface area (Å²) in [5, 5.41) is 3.40. The molecule has 0 heterocycles. The maximum atomic E-state index is 5.26. The summed E-state index contributed by atoms with van der Waals surface area (Å²) in [5.74, 6) is 0.747. The standard InChI is InChI=1S/C11H23NO/c1-4-8-13-9-6-5-7-12-10-11(2)3/h4,11-12H,1,5-10H2,2-3H3. The summed E-state index contributed by atoms with van der Waals surface area (Å²) in [5.41, 5.74) is 0. The van der Waals surface area contributed by atoms with Crippen molar-refractivity contribution in [2.24, 2.45) is 5.92 Å². The second-order valence-corrected chi connectivity index (χ2v) is 3.67. The van der Waals surface area contributed by atoms with Gasteiger partial charge in [-0.1, -0.05) is 19.9 Å². The Balaban J connectivity index is 2.87. The van der Waals surface area contributed by atoms with E-state index in [1.54, 1.807) is 6.08 Å². The Morgan fingerprint density at radius 3 is 2.77 bits per heavy atom. The van der Waals surface area contributed by atoms with Crippen LogP contribution in [0.4, 0.5) is 0 Å². The van der Waals surface area contributed by atoms with E-state index in [1.165, 1.54) is 6.42 Å². The lowest BCUT2D eigenvalue weighted by molar-refractivity contribution is 0.158. The molecule has 0 spiro atoms. The Labute approximate surface area is 82.4 Å². The van der Waals surface area contributed by atoms with Crippen molar-refractivity contribution in [2.45, 2.75) is 26.7 Å². The molecular weight excluding hydrogens is 162 g/mol. The third kappa shape index (κ3) is 11.7. The smallest absolute Gasteiger partial charge is 0.0644 e. The minimum Gasteiger partial charge on any atom is -0.377 e. The lowest BCUT2D eigenvalue weighted by Crippen LogP contribution is -2.20. The highest BCUT2D eigenvalue weighted by atomic mass is 16.5. The quantitative estimate of drug-likeness (QED) is 0.439. The minimum absolute atomic E-state index is 0.680. The van der Waals surface area contributed by atoms with E-state index >= 15 is 0 Å². The normalized spacial score (nSPS) is 10.7. The maximum absolute atomic E-state index is 5.26. The van der Waals surface area contributed by atoms with Gasteiger partial charge in [0.05, 0.1) is 6.61 Å². The number of hydrogen-bond donors (Lipinski definition) is 1. The van der Waals surface area contributed by atoms with E-state index in [1.807, 2.05) is 0 Å². The average Bonchev–Trinajstić information content (AvgIpc) is 2.09. The minimum atomic E-state index is 0.680. The molecule has 78 valence electrons. The summed E-state index contributed by atoms with van der Waals surface area (Å²) in [4.78, 5) is 0. The van der Waals surface area contributed by atoms with Gasteiger partial charge in [0.15, 0.2) is 0 Å². The first-order valence-corrected chi connectivity index (χ1v) is 5.16. The van der Waals surface area contributed by atoms with Crippen LogP contribution in [0.1, 0.15) is 26.7 Å². The van der Waals surface area contributed by atoms with E-state index in [4.69, 9.17) is 4.74 Å². The molecule has 0 radical (unpaired) electrons. The second kappa shape index (κ2) is 9.75. The van der Waals surface area contributed by atoms with E-state index in [9.17, 15) is 0 Å². The molecule has 0 rings (SSSR count). The summed E-state index contributed by atoms with van der Waals surface area (Å²) in [6.07, 6.45) is 4.12. The number of unbranched alkanes of at least 4 members (excludes halogenated alkanes) is 1. The van der Waals surface area contributed by atoms with Gasteiger partial charge in [0, 0.05) is 6.61 Å². The summed E-state index contributed by atoms with van der Waals surface area (Å²) in [7, 11) is 0. The van der Waals surface area contributed by atoms with Gasteiger partial charge in [-0.05, 0) is 31.8 Å². The van der Waals surface area contributed by atoms with Crippen LogP contribution in [0.3, 0.4) is 0 Å². The summed E-state index contributed by atoms with van der Waals surface area (Å²) in [6.45, 7) is 11.8. The van der Waals surface area contributed by atoms with E-state index in [2.05, 4.69) is 25.7 Å². The third-order valence-corrected chi connectivity index (χ3v) is 1.68. The predicted molar refractivity (Wildman–Crippen MR) is 58.0 cm³/mol. The van der Waals surface area contributed by atoms with Crippen LogP contribution in [0.2, 0.25) is 0 Å². The maximum Gasteiger partial charge on any atom is 0.0644 e. The Morgan fingerprint density at radius 1 is 1.38 bits per heavy atom. The van der Waals surface area contributed by atoms with E-state index in [-0.39, 0.29) is 0 Å². The van der Waals surface area contributed by atoms with Crippen LogP contribution in [0.15, 0.2) is 12.7 Å². The van der Waals surface area contributed by atoms with Crippen molar-refractivity contribution >= 4 is 0 Å². The van der Waals surface area contributed by atoms with E-state index in [0.717, 1.165) is 32.0 Å². The Kier molecular flexibility index (Phi) is 9.49. The molecule has 0 aromatic heterocycles. The molecule has 0 aromatic rings. The molecular formula is C11H23NO. The highest BCUT2D eigenvalue weighted by Gasteiger charge is 1.92. The van der Waals surface area contributed by atoms with Crippen molar-refractivity contribution in [2.75, 3.05) is 26.3 Å². The fourth-order valence-corrected chi connectivity index (χ4v) is 1.01. The van der Waals surface area contributed by atoms with Gasteiger partial charge in [-0.25, -0.2) is 0 Å². The topological polar surface area (TPSA) is 21.3 Å². The lowest BCUT2D eigenvalue weighted by atomic mass is 10.2. The molecule has 0 aliphatic rings. The Morgan fingerprint density at radius 2 is 2.15 bits per heavy atom. The monoisotopic (exact) mass is 185 g/mol. The first kappa shape index (κ1) is 12.7. The molecule has 0 fully saturated rings. The molecule has 1 N–H and O–H groups in total. The molecule has 0 aliphatic heterocycles. The SMILES string of the molecule is C=CCOCCCCNCC(C)C. The van der Waals surface area contributed by atoms with Crippen molar-refractivity contribution < 1.29 is 4.74 Å². The molecule has 0 bridgehead atoms. The van der Waals surface area contributed by atoms with Crippen molar-refractivity contribution in [3.63, 3.8) is 0 Å². The zero-order valence-corrected chi connectivity index (χ0v) is 9.01. The molecule has 0 saturated carbocycles. The second-order valence-electron chi connectivity index (χ2n) is 3.67. The Hall–Kier alpha value is -0.340. The van der Waals surface area contributed by atoms with Gasteiger partial charge in [-0.2, -0.15) is 0 Å². The van der Waals surface area contributed by atoms with Crippen LogP contribution >= 0.6 is 0 Å². The van der Waals surface area contributed by atoms with E-state index in [0.29, 0.717) is 6.61 Å². The van der Waals surface area contributed by atoms with Gasteiger partial charge < -0.3 is 10.1 Å². The lowest BCUT2D eigenvalue weighted by Gasteiger charge is -2.06. The van der Waals surface area contributed by atoms with Crippen molar-refractivity contribution in [3.05, 3.63) is 12.7 Å². The molecule has 2 heteroatoms. The van der Waals surface area contributed by atoms with Gasteiger partial charge in [-0.15, -0.1) is 6.58 Å². The molecule has 13 heavy (non-hydrogen) atoms. The molecule has 2 nitrogen and oxygen atoms in total. The Bertz CT molecular complexity index is 113. The molecule has 0 saturated heterocycles. The fourth-order valence-electron chi connectivity index (χ4n) is 1.01. The largest absolute Gasteiger partial charge is 0.377 e. The number of nitrogens with one attached hydrogen (secondary N) is 1. The van der Waals surface area contributed by atoms with Crippen LogP contribution in [0.5, 0.6) is 0 Å². The molecule has 0 atom stereocenters. The van der Waals surface area contributed by atoms with Crippen LogP contribution in [-0.4, -0.2) is 26.3 Å². The zero-order valence-electron chi connectivity index (χ0n) is 9.01. The number of rotatable bonds is 9.